The van der Waals surface area contributed by atoms with Crippen LogP contribution in [0, 0.1) is 28.8 Å². The molecule has 1 aromatic heterocycles. The minimum absolute atomic E-state index is 0.0419. The molecular formula is C25H26F3N3O3. The summed E-state index contributed by atoms with van der Waals surface area (Å²) >= 11 is 0. The number of urea groups is 1. The van der Waals surface area contributed by atoms with Crippen LogP contribution < -0.4 is 10.6 Å². The highest BCUT2D eigenvalue weighted by Crippen LogP contribution is 2.48. The van der Waals surface area contributed by atoms with Gasteiger partial charge >= 0.3 is 6.03 Å². The Morgan fingerprint density at radius 2 is 1.82 bits per heavy atom. The van der Waals surface area contributed by atoms with Crippen molar-refractivity contribution < 1.29 is 27.8 Å². The highest BCUT2D eigenvalue weighted by atomic mass is 19.1. The Morgan fingerprint density at radius 1 is 1.09 bits per heavy atom. The number of aromatic nitrogens is 1. The Morgan fingerprint density at radius 3 is 2.47 bits per heavy atom. The van der Waals surface area contributed by atoms with Gasteiger partial charge in [0.1, 0.15) is 17.5 Å². The van der Waals surface area contributed by atoms with E-state index in [0.29, 0.717) is 42.9 Å². The summed E-state index contributed by atoms with van der Waals surface area (Å²) in [7, 11) is 0. The number of aliphatic hydroxyl groups is 1. The summed E-state index contributed by atoms with van der Waals surface area (Å²) in [6, 6.07) is 7.79. The van der Waals surface area contributed by atoms with Crippen LogP contribution in [0.1, 0.15) is 24.3 Å². The first-order valence-electron chi connectivity index (χ1n) is 11.3. The van der Waals surface area contributed by atoms with Crippen LogP contribution in [0.15, 0.2) is 36.4 Å². The molecule has 2 amide bonds. The summed E-state index contributed by atoms with van der Waals surface area (Å²) in [6.07, 6.45) is 1.49. The third kappa shape index (κ3) is 4.25. The molecule has 2 heterocycles. The van der Waals surface area contributed by atoms with Crippen LogP contribution in [0.25, 0.3) is 22.2 Å². The molecule has 2 aliphatic rings. The number of hydrogen-bond donors (Lipinski definition) is 4. The van der Waals surface area contributed by atoms with Crippen molar-refractivity contribution in [2.45, 2.75) is 18.8 Å². The molecule has 1 aliphatic heterocycles. The van der Waals surface area contributed by atoms with Gasteiger partial charge in [0.2, 0.25) is 0 Å². The molecule has 1 saturated heterocycles. The SMILES string of the molecule is O=C(NCC1CC(c2c(-c3ccc(F)cc3)[nH]c3c(F)cc(F)cc23)C1)NCC1(CO)COC1. The Labute approximate surface area is 194 Å². The highest BCUT2D eigenvalue weighted by molar-refractivity contribution is 5.92. The third-order valence-corrected chi connectivity index (χ3v) is 6.97. The Balaban J connectivity index is 1.27. The van der Waals surface area contributed by atoms with Crippen molar-refractivity contribution in [1.29, 1.82) is 0 Å². The number of hydrogen-bond acceptors (Lipinski definition) is 3. The summed E-state index contributed by atoms with van der Waals surface area (Å²) in [5, 5.41) is 15.6. The Kier molecular flexibility index (Phi) is 5.99. The average molecular weight is 473 g/mol. The molecule has 3 aromatic rings. The maximum absolute atomic E-state index is 14.5. The van der Waals surface area contributed by atoms with Gasteiger partial charge in [-0.15, -0.1) is 0 Å². The lowest BCUT2D eigenvalue weighted by molar-refractivity contribution is -0.132. The summed E-state index contributed by atoms with van der Waals surface area (Å²) in [5.74, 6) is -1.42. The molecule has 1 aliphatic carbocycles. The minimum atomic E-state index is -0.670. The number of fused-ring (bicyclic) bond motifs is 1. The van der Waals surface area contributed by atoms with Crippen molar-refractivity contribution in [3.05, 3.63) is 59.4 Å². The van der Waals surface area contributed by atoms with Gasteiger partial charge in [0, 0.05) is 24.5 Å². The average Bonchev–Trinajstić information content (AvgIpc) is 3.12. The van der Waals surface area contributed by atoms with Crippen LogP contribution in [-0.2, 0) is 4.74 Å². The number of nitrogens with one attached hydrogen (secondary N) is 3. The summed E-state index contributed by atoms with van der Waals surface area (Å²) < 4.78 is 47.1. The number of H-pyrrole nitrogens is 1. The smallest absolute Gasteiger partial charge is 0.314 e. The lowest BCUT2D eigenvalue weighted by atomic mass is 9.70. The monoisotopic (exact) mass is 473 g/mol. The van der Waals surface area contributed by atoms with Crippen molar-refractivity contribution >= 4 is 16.9 Å². The van der Waals surface area contributed by atoms with E-state index >= 15 is 0 Å². The molecule has 2 aromatic carbocycles. The molecule has 34 heavy (non-hydrogen) atoms. The zero-order valence-electron chi connectivity index (χ0n) is 18.5. The number of carbonyl (C=O) groups is 1. The molecule has 5 rings (SSSR count). The number of aromatic amines is 1. The number of carbonyl (C=O) groups excluding carboxylic acids is 1. The molecule has 0 spiro atoms. The van der Waals surface area contributed by atoms with Gasteiger partial charge in [0.15, 0.2) is 0 Å². The molecule has 2 fully saturated rings. The third-order valence-electron chi connectivity index (χ3n) is 6.97. The van der Waals surface area contributed by atoms with E-state index in [1.807, 2.05) is 0 Å². The fourth-order valence-electron chi connectivity index (χ4n) is 4.85. The lowest BCUT2D eigenvalue weighted by Crippen LogP contribution is -2.54. The zero-order valence-corrected chi connectivity index (χ0v) is 18.5. The van der Waals surface area contributed by atoms with Gasteiger partial charge < -0.3 is 25.5 Å². The minimum Gasteiger partial charge on any atom is -0.396 e. The van der Waals surface area contributed by atoms with Crippen LogP contribution in [0.4, 0.5) is 18.0 Å². The van der Waals surface area contributed by atoms with E-state index in [0.717, 1.165) is 24.5 Å². The van der Waals surface area contributed by atoms with Crippen LogP contribution in [0.2, 0.25) is 0 Å². The predicted octanol–water partition coefficient (Wildman–Crippen LogP) is 4.05. The maximum atomic E-state index is 14.5. The second-order valence-corrected chi connectivity index (χ2v) is 9.48. The molecule has 180 valence electrons. The fraction of sp³-hybridized carbons (Fsp3) is 0.400. The number of aliphatic hydroxyl groups excluding tert-OH is 1. The lowest BCUT2D eigenvalue weighted by Gasteiger charge is -2.40. The van der Waals surface area contributed by atoms with Gasteiger partial charge in [0.05, 0.1) is 36.4 Å². The van der Waals surface area contributed by atoms with E-state index in [4.69, 9.17) is 4.74 Å². The second kappa shape index (κ2) is 8.96. The van der Waals surface area contributed by atoms with Crippen LogP contribution in [0.5, 0.6) is 0 Å². The van der Waals surface area contributed by atoms with Crippen molar-refractivity contribution in [2.24, 2.45) is 11.3 Å². The maximum Gasteiger partial charge on any atom is 0.314 e. The predicted molar refractivity (Wildman–Crippen MR) is 121 cm³/mol. The first-order valence-corrected chi connectivity index (χ1v) is 11.3. The van der Waals surface area contributed by atoms with E-state index < -0.39 is 17.0 Å². The molecule has 1 saturated carbocycles. The summed E-state index contributed by atoms with van der Waals surface area (Å²) in [4.78, 5) is 15.2. The topological polar surface area (TPSA) is 86.4 Å². The first kappa shape index (κ1) is 22.7. The van der Waals surface area contributed by atoms with Crippen LogP contribution in [0.3, 0.4) is 0 Å². The summed E-state index contributed by atoms with van der Waals surface area (Å²) in [6.45, 7) is 1.63. The number of amides is 2. The Hall–Kier alpha value is -3.04. The van der Waals surface area contributed by atoms with E-state index in [2.05, 4.69) is 15.6 Å². The van der Waals surface area contributed by atoms with Gasteiger partial charge in [-0.2, -0.15) is 0 Å². The van der Waals surface area contributed by atoms with E-state index in [-0.39, 0.29) is 35.8 Å². The molecule has 0 unspecified atom stereocenters. The quantitative estimate of drug-likeness (QED) is 0.418. The largest absolute Gasteiger partial charge is 0.396 e. The fourth-order valence-corrected chi connectivity index (χ4v) is 4.85. The van der Waals surface area contributed by atoms with Gasteiger partial charge in [-0.25, -0.2) is 18.0 Å². The molecule has 0 bridgehead atoms. The van der Waals surface area contributed by atoms with Gasteiger partial charge in [-0.05, 0) is 66.1 Å². The molecule has 0 radical (unpaired) electrons. The second-order valence-electron chi connectivity index (χ2n) is 9.48. The van der Waals surface area contributed by atoms with E-state index in [9.17, 15) is 23.1 Å². The molecule has 0 atom stereocenters. The normalized spacial score (nSPS) is 21.1. The van der Waals surface area contributed by atoms with Crippen molar-refractivity contribution in [1.82, 2.24) is 15.6 Å². The van der Waals surface area contributed by atoms with Gasteiger partial charge in [-0.3, -0.25) is 0 Å². The molecule has 4 N–H and O–H groups in total. The molecule has 6 nitrogen and oxygen atoms in total. The molecule has 9 heteroatoms. The highest BCUT2D eigenvalue weighted by Gasteiger charge is 2.39. The summed E-state index contributed by atoms with van der Waals surface area (Å²) in [5.41, 5.74) is 2.01. The number of benzene rings is 2. The van der Waals surface area contributed by atoms with Gasteiger partial charge in [-0.1, -0.05) is 0 Å². The van der Waals surface area contributed by atoms with Crippen LogP contribution in [-0.4, -0.2) is 49.0 Å². The van der Waals surface area contributed by atoms with E-state index in [1.165, 1.54) is 18.2 Å². The number of ether oxygens (including phenoxy) is 1. The zero-order chi connectivity index (χ0) is 23.9. The van der Waals surface area contributed by atoms with Crippen molar-refractivity contribution in [3.8, 4) is 11.3 Å². The van der Waals surface area contributed by atoms with Crippen LogP contribution >= 0.6 is 0 Å². The molecular weight excluding hydrogens is 447 g/mol. The van der Waals surface area contributed by atoms with Crippen molar-refractivity contribution in [2.75, 3.05) is 32.9 Å². The van der Waals surface area contributed by atoms with Crippen molar-refractivity contribution in [3.63, 3.8) is 0 Å². The number of rotatable bonds is 7. The Bertz CT molecular complexity index is 1200. The number of halogens is 3. The van der Waals surface area contributed by atoms with Gasteiger partial charge in [0.25, 0.3) is 0 Å². The standard InChI is InChI=1S/C25H26F3N3O3/c26-17-3-1-15(2-4-17)22-21(19-7-18(27)8-20(28)23(19)31-22)16-5-14(6-16)9-29-24(33)30-10-25(11-32)12-34-13-25/h1-4,7-8,14,16,31-32H,5-6,9-13H2,(H2,29,30,33). The van der Waals surface area contributed by atoms with E-state index in [1.54, 1.807) is 12.1 Å². The first-order chi connectivity index (χ1) is 16.4.